The molecule has 3 N–H and O–H groups in total. The Morgan fingerprint density at radius 2 is 1.32 bits per heavy atom. The van der Waals surface area contributed by atoms with Crippen molar-refractivity contribution in [2.24, 2.45) is 0 Å². The van der Waals surface area contributed by atoms with Crippen molar-refractivity contribution in [1.82, 2.24) is 0 Å². The molecule has 0 saturated heterocycles. The van der Waals surface area contributed by atoms with Crippen LogP contribution < -0.4 is 0 Å². The summed E-state index contributed by atoms with van der Waals surface area (Å²) in [5.74, 6) is -0.213. The number of ether oxygens (including phenoxy) is 1. The number of carbonyl (C=O) groups is 1. The molecular formula is C20H40O5. The minimum atomic E-state index is -0.267. The van der Waals surface area contributed by atoms with E-state index < -0.39 is 0 Å². The van der Waals surface area contributed by atoms with E-state index in [9.17, 15) is 15.0 Å². The number of carbonyl (C=O) groups excluding carboxylic acids is 1. The molecule has 0 aliphatic rings. The number of aliphatic hydroxyl groups is 3. The first-order chi connectivity index (χ1) is 12.1. The predicted molar refractivity (Wildman–Crippen MR) is 100 cm³/mol. The Morgan fingerprint density at radius 3 is 1.88 bits per heavy atom. The van der Waals surface area contributed by atoms with Crippen LogP contribution in [0.3, 0.4) is 0 Å². The lowest BCUT2D eigenvalue weighted by molar-refractivity contribution is -0.144. The van der Waals surface area contributed by atoms with Crippen LogP contribution in [0.4, 0.5) is 0 Å². The lowest BCUT2D eigenvalue weighted by Crippen LogP contribution is -2.13. The Kier molecular flexibility index (Phi) is 17.7. The van der Waals surface area contributed by atoms with E-state index in [1.165, 1.54) is 19.3 Å². The summed E-state index contributed by atoms with van der Waals surface area (Å²) in [5, 5.41) is 28.1. The number of hydrogen-bond acceptors (Lipinski definition) is 5. The molecule has 0 saturated carbocycles. The third-order valence-electron chi connectivity index (χ3n) is 4.48. The minimum absolute atomic E-state index is 0.104. The molecule has 5 nitrogen and oxygen atoms in total. The van der Waals surface area contributed by atoms with Gasteiger partial charge in [-0.25, -0.2) is 0 Å². The second-order valence-electron chi connectivity index (χ2n) is 6.98. The maximum Gasteiger partial charge on any atom is 0.305 e. The maximum absolute atomic E-state index is 11.2. The van der Waals surface area contributed by atoms with Crippen LogP contribution >= 0.6 is 0 Å². The van der Waals surface area contributed by atoms with Gasteiger partial charge < -0.3 is 20.1 Å². The Morgan fingerprint density at radius 1 is 0.800 bits per heavy atom. The maximum atomic E-state index is 11.2. The van der Waals surface area contributed by atoms with Gasteiger partial charge in [0.25, 0.3) is 0 Å². The van der Waals surface area contributed by atoms with Crippen molar-refractivity contribution >= 4 is 5.97 Å². The van der Waals surface area contributed by atoms with E-state index in [-0.39, 0.29) is 31.4 Å². The zero-order valence-corrected chi connectivity index (χ0v) is 16.1. The number of unbranched alkanes of at least 4 members (excludes halogenated alkanes) is 7. The lowest BCUT2D eigenvalue weighted by Gasteiger charge is -2.13. The Balaban J connectivity index is 3.26. The van der Waals surface area contributed by atoms with Gasteiger partial charge in [0.15, 0.2) is 0 Å². The van der Waals surface area contributed by atoms with Gasteiger partial charge in [0, 0.05) is 6.42 Å². The predicted octanol–water partition coefficient (Wildman–Crippen LogP) is 3.73. The molecule has 0 fully saturated rings. The zero-order chi connectivity index (χ0) is 18.8. The summed E-state index contributed by atoms with van der Waals surface area (Å²) in [6.45, 7) is 2.06. The van der Waals surface area contributed by atoms with Gasteiger partial charge in [-0.3, -0.25) is 4.79 Å². The van der Waals surface area contributed by atoms with E-state index in [1.807, 2.05) is 0 Å². The normalized spacial score (nSPS) is 13.6. The van der Waals surface area contributed by atoms with E-state index in [0.29, 0.717) is 19.3 Å². The van der Waals surface area contributed by atoms with Gasteiger partial charge in [0.2, 0.25) is 0 Å². The van der Waals surface area contributed by atoms with Gasteiger partial charge in [-0.1, -0.05) is 58.3 Å². The summed E-state index contributed by atoms with van der Waals surface area (Å²) < 4.78 is 4.80. The molecule has 0 heterocycles. The Bertz CT molecular complexity index is 296. The van der Waals surface area contributed by atoms with Crippen molar-refractivity contribution in [2.45, 2.75) is 109 Å². The van der Waals surface area contributed by atoms with Crippen LogP contribution in [0, 0.1) is 0 Å². The first-order valence-corrected chi connectivity index (χ1v) is 10.2. The van der Waals surface area contributed by atoms with Crippen LogP contribution in [0.1, 0.15) is 96.8 Å². The average Bonchev–Trinajstić information content (AvgIpc) is 2.60. The fourth-order valence-corrected chi connectivity index (χ4v) is 2.95. The molecule has 0 aromatic carbocycles. The van der Waals surface area contributed by atoms with E-state index in [1.54, 1.807) is 0 Å². The van der Waals surface area contributed by atoms with Crippen molar-refractivity contribution in [3.05, 3.63) is 0 Å². The van der Waals surface area contributed by atoms with Crippen LogP contribution in [-0.4, -0.2) is 46.7 Å². The van der Waals surface area contributed by atoms with Crippen molar-refractivity contribution in [3.63, 3.8) is 0 Å². The van der Waals surface area contributed by atoms with Crippen LogP contribution in [0.25, 0.3) is 0 Å². The lowest BCUT2D eigenvalue weighted by atomic mass is 10.0. The molecule has 25 heavy (non-hydrogen) atoms. The van der Waals surface area contributed by atoms with Crippen LogP contribution in [0.5, 0.6) is 0 Å². The fraction of sp³-hybridized carbons (Fsp3) is 0.950. The highest BCUT2D eigenvalue weighted by molar-refractivity contribution is 5.69. The highest BCUT2D eigenvalue weighted by Crippen LogP contribution is 2.14. The molecule has 0 aliphatic carbocycles. The first-order valence-electron chi connectivity index (χ1n) is 10.2. The fourth-order valence-electron chi connectivity index (χ4n) is 2.95. The minimum Gasteiger partial charge on any atom is -0.463 e. The van der Waals surface area contributed by atoms with E-state index >= 15 is 0 Å². The second kappa shape index (κ2) is 18.2. The van der Waals surface area contributed by atoms with E-state index in [0.717, 1.165) is 51.4 Å². The highest BCUT2D eigenvalue weighted by Gasteiger charge is 2.08. The molecule has 0 aliphatic heterocycles. The average molecular weight is 361 g/mol. The van der Waals surface area contributed by atoms with E-state index in [2.05, 4.69) is 6.92 Å². The molecule has 2 atom stereocenters. The van der Waals surface area contributed by atoms with Gasteiger partial charge in [0.05, 0.1) is 18.8 Å². The SMILES string of the molecule is CCCC(O)CCC(O)CCCCCCCCCCC(=O)OCCO. The summed E-state index contributed by atoms with van der Waals surface area (Å²) in [6, 6.07) is 0. The van der Waals surface area contributed by atoms with Crippen LogP contribution in [0.2, 0.25) is 0 Å². The molecular weight excluding hydrogens is 320 g/mol. The molecule has 0 amide bonds. The summed E-state index contributed by atoms with van der Waals surface area (Å²) in [7, 11) is 0. The molecule has 5 heteroatoms. The number of aliphatic hydroxyl groups excluding tert-OH is 3. The molecule has 150 valence electrons. The molecule has 2 unspecified atom stereocenters. The number of hydrogen-bond donors (Lipinski definition) is 3. The van der Waals surface area contributed by atoms with Gasteiger partial charge in [-0.05, 0) is 32.1 Å². The summed E-state index contributed by atoms with van der Waals surface area (Å²) in [6.07, 6.45) is 12.9. The largest absolute Gasteiger partial charge is 0.463 e. The van der Waals surface area contributed by atoms with Gasteiger partial charge in [-0.15, -0.1) is 0 Å². The standard InChI is InChI=1S/C20H40O5/c1-2-11-18(22)14-15-19(23)12-9-7-5-3-4-6-8-10-13-20(24)25-17-16-21/h18-19,21-23H,2-17H2,1H3. The van der Waals surface area contributed by atoms with Crippen molar-refractivity contribution in [1.29, 1.82) is 0 Å². The van der Waals surface area contributed by atoms with Crippen molar-refractivity contribution in [3.8, 4) is 0 Å². The molecule has 0 aromatic heterocycles. The van der Waals surface area contributed by atoms with Crippen LogP contribution in [-0.2, 0) is 9.53 Å². The molecule has 0 aromatic rings. The van der Waals surface area contributed by atoms with Crippen LogP contribution in [0.15, 0.2) is 0 Å². The monoisotopic (exact) mass is 360 g/mol. The van der Waals surface area contributed by atoms with Gasteiger partial charge in [0.1, 0.15) is 6.61 Å². The third kappa shape index (κ3) is 18.0. The summed E-state index contributed by atoms with van der Waals surface area (Å²) >= 11 is 0. The zero-order valence-electron chi connectivity index (χ0n) is 16.1. The summed E-state index contributed by atoms with van der Waals surface area (Å²) in [4.78, 5) is 11.2. The molecule has 0 rings (SSSR count). The molecule has 0 spiro atoms. The van der Waals surface area contributed by atoms with Gasteiger partial charge in [-0.2, -0.15) is 0 Å². The highest BCUT2D eigenvalue weighted by atomic mass is 16.5. The summed E-state index contributed by atoms with van der Waals surface area (Å²) in [5.41, 5.74) is 0. The smallest absolute Gasteiger partial charge is 0.305 e. The number of rotatable bonds is 18. The number of esters is 1. The van der Waals surface area contributed by atoms with Crippen molar-refractivity contribution < 1.29 is 24.9 Å². The third-order valence-corrected chi connectivity index (χ3v) is 4.48. The van der Waals surface area contributed by atoms with E-state index in [4.69, 9.17) is 9.84 Å². The molecule has 0 radical (unpaired) electrons. The topological polar surface area (TPSA) is 87.0 Å². The first kappa shape index (κ1) is 24.4. The quantitative estimate of drug-likeness (QED) is 0.256. The Labute approximate surface area is 153 Å². The van der Waals surface area contributed by atoms with Gasteiger partial charge >= 0.3 is 5.97 Å². The Hall–Kier alpha value is -0.650. The second-order valence-corrected chi connectivity index (χ2v) is 6.98. The molecule has 0 bridgehead atoms. The van der Waals surface area contributed by atoms with Crippen molar-refractivity contribution in [2.75, 3.05) is 13.2 Å².